The van der Waals surface area contributed by atoms with Crippen LogP contribution in [0.5, 0.6) is 0 Å². The van der Waals surface area contributed by atoms with Gasteiger partial charge in [-0.15, -0.1) is 0 Å². The lowest BCUT2D eigenvalue weighted by atomic mass is 9.94. The molecule has 1 aliphatic heterocycles. The standard InChI is InChI=1S/C16H32N2O2/c1-5-20-15(19)16(3,17-4)10-6-7-11-18-12-8-9-14(2)13-18/h14,17H,5-13H2,1-4H3. The molecule has 1 rings (SSSR count). The highest BCUT2D eigenvalue weighted by molar-refractivity contribution is 5.80. The maximum absolute atomic E-state index is 11.9. The molecule has 1 fully saturated rings. The number of esters is 1. The summed E-state index contributed by atoms with van der Waals surface area (Å²) in [6.45, 7) is 10.2. The summed E-state index contributed by atoms with van der Waals surface area (Å²) in [4.78, 5) is 14.5. The molecule has 1 heterocycles. The first-order valence-electron chi connectivity index (χ1n) is 8.10. The molecule has 20 heavy (non-hydrogen) atoms. The molecule has 2 unspecified atom stereocenters. The minimum atomic E-state index is -0.537. The van der Waals surface area contributed by atoms with Crippen LogP contribution in [0.15, 0.2) is 0 Å². The third-order valence-electron chi connectivity index (χ3n) is 4.42. The van der Waals surface area contributed by atoms with Crippen molar-refractivity contribution in [3.05, 3.63) is 0 Å². The largest absolute Gasteiger partial charge is 0.465 e. The quantitative estimate of drug-likeness (QED) is 0.549. The van der Waals surface area contributed by atoms with Crippen LogP contribution in [0.3, 0.4) is 0 Å². The van der Waals surface area contributed by atoms with E-state index < -0.39 is 5.54 Å². The van der Waals surface area contributed by atoms with Crippen LogP contribution in [0.25, 0.3) is 0 Å². The number of ether oxygens (including phenoxy) is 1. The fourth-order valence-electron chi connectivity index (χ4n) is 2.92. The molecule has 0 radical (unpaired) electrons. The van der Waals surface area contributed by atoms with E-state index in [1.807, 2.05) is 20.9 Å². The molecule has 4 nitrogen and oxygen atoms in total. The molecule has 2 atom stereocenters. The predicted octanol–water partition coefficient (Wildman–Crippen LogP) is 2.43. The molecule has 0 aromatic heterocycles. The van der Waals surface area contributed by atoms with Crippen LogP contribution in [-0.4, -0.2) is 49.7 Å². The van der Waals surface area contributed by atoms with Gasteiger partial charge >= 0.3 is 5.97 Å². The topological polar surface area (TPSA) is 41.6 Å². The Morgan fingerprint density at radius 2 is 2.20 bits per heavy atom. The van der Waals surface area contributed by atoms with Gasteiger partial charge in [-0.25, -0.2) is 0 Å². The number of rotatable bonds is 8. The Labute approximate surface area is 124 Å². The van der Waals surface area contributed by atoms with E-state index in [0.29, 0.717) is 6.61 Å². The monoisotopic (exact) mass is 284 g/mol. The summed E-state index contributed by atoms with van der Waals surface area (Å²) in [5.74, 6) is 0.708. The summed E-state index contributed by atoms with van der Waals surface area (Å²) in [5.41, 5.74) is -0.537. The molecule has 0 aromatic rings. The molecule has 0 bridgehead atoms. The van der Waals surface area contributed by atoms with Gasteiger partial charge in [0.2, 0.25) is 0 Å². The van der Waals surface area contributed by atoms with Crippen LogP contribution in [0.1, 0.15) is 52.9 Å². The molecule has 1 saturated heterocycles. The van der Waals surface area contributed by atoms with Gasteiger partial charge in [0, 0.05) is 6.54 Å². The van der Waals surface area contributed by atoms with Crippen LogP contribution in [0.2, 0.25) is 0 Å². The fourth-order valence-corrected chi connectivity index (χ4v) is 2.92. The number of hydrogen-bond donors (Lipinski definition) is 1. The number of unbranched alkanes of at least 4 members (excludes halogenated alkanes) is 1. The summed E-state index contributed by atoms with van der Waals surface area (Å²) in [6, 6.07) is 0. The highest BCUT2D eigenvalue weighted by atomic mass is 16.5. The zero-order chi connectivity index (χ0) is 15.0. The Morgan fingerprint density at radius 1 is 1.45 bits per heavy atom. The Hall–Kier alpha value is -0.610. The Balaban J connectivity index is 2.25. The van der Waals surface area contributed by atoms with Crippen LogP contribution in [-0.2, 0) is 9.53 Å². The molecule has 0 aliphatic carbocycles. The SMILES string of the molecule is CCOC(=O)C(C)(CCCCN1CCCC(C)C1)NC. The smallest absolute Gasteiger partial charge is 0.326 e. The van der Waals surface area contributed by atoms with Gasteiger partial charge in [0.05, 0.1) is 6.61 Å². The Kier molecular flexibility index (Phi) is 7.52. The van der Waals surface area contributed by atoms with Gasteiger partial charge in [-0.05, 0) is 72.0 Å². The molecule has 1 aliphatic rings. The molecule has 118 valence electrons. The third-order valence-corrected chi connectivity index (χ3v) is 4.42. The third kappa shape index (κ3) is 5.41. The van der Waals surface area contributed by atoms with Crippen molar-refractivity contribution in [3.8, 4) is 0 Å². The van der Waals surface area contributed by atoms with Gasteiger partial charge in [-0.1, -0.05) is 6.92 Å². The van der Waals surface area contributed by atoms with Crippen molar-refractivity contribution >= 4 is 5.97 Å². The minimum absolute atomic E-state index is 0.130. The fraction of sp³-hybridized carbons (Fsp3) is 0.938. The van der Waals surface area contributed by atoms with Crippen molar-refractivity contribution in [2.75, 3.05) is 33.3 Å². The second kappa shape index (κ2) is 8.63. The number of carbonyl (C=O) groups excluding carboxylic acids is 1. The molecule has 1 N–H and O–H groups in total. The molecule has 0 amide bonds. The van der Waals surface area contributed by atoms with Crippen molar-refractivity contribution < 1.29 is 9.53 Å². The number of piperidine rings is 1. The first kappa shape index (κ1) is 17.4. The van der Waals surface area contributed by atoms with Gasteiger partial charge in [0.15, 0.2) is 0 Å². The van der Waals surface area contributed by atoms with E-state index in [4.69, 9.17) is 4.74 Å². The van der Waals surface area contributed by atoms with Crippen LogP contribution in [0, 0.1) is 5.92 Å². The zero-order valence-electron chi connectivity index (χ0n) is 13.7. The molecular weight excluding hydrogens is 252 g/mol. The average molecular weight is 284 g/mol. The lowest BCUT2D eigenvalue weighted by Crippen LogP contribution is -2.48. The van der Waals surface area contributed by atoms with E-state index in [0.717, 1.165) is 31.7 Å². The molecule has 4 heteroatoms. The summed E-state index contributed by atoms with van der Waals surface area (Å²) in [6.07, 6.45) is 5.76. The summed E-state index contributed by atoms with van der Waals surface area (Å²) in [5, 5.41) is 3.12. The summed E-state index contributed by atoms with van der Waals surface area (Å²) >= 11 is 0. The Bertz CT molecular complexity index is 296. The number of hydrogen-bond acceptors (Lipinski definition) is 4. The normalized spacial score (nSPS) is 23.3. The van der Waals surface area contributed by atoms with Crippen LogP contribution >= 0.6 is 0 Å². The van der Waals surface area contributed by atoms with Crippen LogP contribution in [0.4, 0.5) is 0 Å². The maximum Gasteiger partial charge on any atom is 0.326 e. The Morgan fingerprint density at radius 3 is 2.80 bits per heavy atom. The van der Waals surface area contributed by atoms with E-state index in [-0.39, 0.29) is 5.97 Å². The van der Waals surface area contributed by atoms with E-state index in [2.05, 4.69) is 17.1 Å². The number of carbonyl (C=O) groups is 1. The van der Waals surface area contributed by atoms with Gasteiger partial charge in [0.1, 0.15) is 5.54 Å². The van der Waals surface area contributed by atoms with E-state index in [1.165, 1.54) is 25.9 Å². The number of nitrogens with zero attached hydrogens (tertiary/aromatic N) is 1. The van der Waals surface area contributed by atoms with E-state index in [1.54, 1.807) is 0 Å². The number of nitrogens with one attached hydrogen (secondary N) is 1. The van der Waals surface area contributed by atoms with E-state index >= 15 is 0 Å². The van der Waals surface area contributed by atoms with Gasteiger partial charge in [-0.2, -0.15) is 0 Å². The van der Waals surface area contributed by atoms with E-state index in [9.17, 15) is 4.79 Å². The van der Waals surface area contributed by atoms with Gasteiger partial charge in [0.25, 0.3) is 0 Å². The highest BCUT2D eigenvalue weighted by Gasteiger charge is 2.32. The number of likely N-dealkylation sites (tertiary alicyclic amines) is 1. The second-order valence-corrected chi connectivity index (χ2v) is 6.31. The molecular formula is C16H32N2O2. The number of likely N-dealkylation sites (N-methyl/N-ethyl adjacent to an activating group) is 1. The van der Waals surface area contributed by atoms with Gasteiger partial charge < -0.3 is 15.0 Å². The van der Waals surface area contributed by atoms with Crippen molar-refractivity contribution in [1.29, 1.82) is 0 Å². The first-order chi connectivity index (χ1) is 9.51. The lowest BCUT2D eigenvalue weighted by Gasteiger charge is -2.31. The minimum Gasteiger partial charge on any atom is -0.465 e. The molecule has 0 aromatic carbocycles. The van der Waals surface area contributed by atoms with Crippen molar-refractivity contribution in [2.24, 2.45) is 5.92 Å². The molecule has 0 saturated carbocycles. The first-order valence-corrected chi connectivity index (χ1v) is 8.10. The van der Waals surface area contributed by atoms with Crippen molar-refractivity contribution in [2.45, 2.75) is 58.4 Å². The van der Waals surface area contributed by atoms with Crippen molar-refractivity contribution in [3.63, 3.8) is 0 Å². The average Bonchev–Trinajstić information content (AvgIpc) is 2.43. The zero-order valence-corrected chi connectivity index (χ0v) is 13.7. The summed E-state index contributed by atoms with van der Waals surface area (Å²) in [7, 11) is 1.84. The molecule has 0 spiro atoms. The van der Waals surface area contributed by atoms with Crippen molar-refractivity contribution in [1.82, 2.24) is 10.2 Å². The van der Waals surface area contributed by atoms with Crippen LogP contribution < -0.4 is 5.32 Å². The van der Waals surface area contributed by atoms with Gasteiger partial charge in [-0.3, -0.25) is 4.79 Å². The summed E-state index contributed by atoms with van der Waals surface area (Å²) < 4.78 is 5.15. The lowest BCUT2D eigenvalue weighted by molar-refractivity contribution is -0.150. The second-order valence-electron chi connectivity index (χ2n) is 6.31. The maximum atomic E-state index is 11.9. The highest BCUT2D eigenvalue weighted by Crippen LogP contribution is 2.18. The predicted molar refractivity (Wildman–Crippen MR) is 82.8 cm³/mol.